The van der Waals surface area contributed by atoms with Crippen molar-refractivity contribution in [1.82, 2.24) is 29.1 Å². The third-order valence-electron chi connectivity index (χ3n) is 8.18. The number of aromatic nitrogens is 5. The molecule has 0 radical (unpaired) electrons. The van der Waals surface area contributed by atoms with Gasteiger partial charge in [-0.1, -0.05) is 35.5 Å². The van der Waals surface area contributed by atoms with E-state index in [4.69, 9.17) is 0 Å². The van der Waals surface area contributed by atoms with Crippen molar-refractivity contribution in [3.8, 4) is 5.69 Å². The van der Waals surface area contributed by atoms with Gasteiger partial charge in [0, 0.05) is 36.9 Å². The maximum absolute atomic E-state index is 13.5. The summed E-state index contributed by atoms with van der Waals surface area (Å²) in [5.74, 6) is 0.0525. The molecule has 0 spiro atoms. The highest BCUT2D eigenvalue weighted by Gasteiger charge is 2.71. The Bertz CT molecular complexity index is 1800. The molecule has 8 nitrogen and oxygen atoms in total. The maximum Gasteiger partial charge on any atom is 0.264 e. The van der Waals surface area contributed by atoms with Crippen LogP contribution in [0.5, 0.6) is 0 Å². The van der Waals surface area contributed by atoms with Gasteiger partial charge in [-0.25, -0.2) is 17.5 Å². The van der Waals surface area contributed by atoms with E-state index in [1.54, 1.807) is 23.5 Å². The average molecular weight is 529 g/mol. The van der Waals surface area contributed by atoms with Gasteiger partial charge in [-0.2, -0.15) is 9.40 Å². The number of hydrogen-bond acceptors (Lipinski definition) is 5. The number of rotatable bonds is 5. The van der Waals surface area contributed by atoms with Crippen molar-refractivity contribution in [1.29, 1.82) is 0 Å². The van der Waals surface area contributed by atoms with Gasteiger partial charge < -0.3 is 0 Å². The van der Waals surface area contributed by atoms with Crippen molar-refractivity contribution in [3.05, 3.63) is 102 Å². The van der Waals surface area contributed by atoms with Gasteiger partial charge in [0.25, 0.3) is 10.0 Å². The van der Waals surface area contributed by atoms with Crippen molar-refractivity contribution >= 4 is 20.9 Å². The Morgan fingerprint density at radius 1 is 1.05 bits per heavy atom. The molecule has 1 saturated carbocycles. The molecule has 5 aromatic rings. The van der Waals surface area contributed by atoms with Crippen molar-refractivity contribution in [3.63, 3.8) is 0 Å². The molecular weight excluding hydrogens is 503 g/mol. The molecule has 0 amide bonds. The van der Waals surface area contributed by atoms with Gasteiger partial charge in [-0.15, -0.1) is 5.10 Å². The zero-order valence-corrected chi connectivity index (χ0v) is 21.7. The molecule has 1 saturated heterocycles. The predicted molar refractivity (Wildman–Crippen MR) is 140 cm³/mol. The molecule has 38 heavy (non-hydrogen) atoms. The van der Waals surface area contributed by atoms with E-state index in [1.165, 1.54) is 28.6 Å². The average Bonchev–Trinajstić information content (AvgIpc) is 3.34. The number of halogens is 1. The fourth-order valence-electron chi connectivity index (χ4n) is 6.45. The third kappa shape index (κ3) is 3.30. The summed E-state index contributed by atoms with van der Waals surface area (Å²) in [6, 6.07) is 20.9. The van der Waals surface area contributed by atoms with E-state index in [0.717, 1.165) is 27.7 Å². The fourth-order valence-corrected chi connectivity index (χ4v) is 7.88. The Morgan fingerprint density at radius 2 is 1.82 bits per heavy atom. The van der Waals surface area contributed by atoms with Gasteiger partial charge in [0.2, 0.25) is 5.03 Å². The minimum Gasteiger partial charge on any atom is -0.254 e. The van der Waals surface area contributed by atoms with E-state index in [1.807, 2.05) is 29.1 Å². The second-order valence-electron chi connectivity index (χ2n) is 10.3. The summed E-state index contributed by atoms with van der Waals surface area (Å²) in [7, 11) is -2.11. The van der Waals surface area contributed by atoms with Crippen LogP contribution in [0.25, 0.3) is 16.6 Å². The molecule has 2 aliphatic rings. The molecule has 192 valence electrons. The summed E-state index contributed by atoms with van der Waals surface area (Å²) < 4.78 is 45.2. The van der Waals surface area contributed by atoms with Crippen LogP contribution >= 0.6 is 0 Å². The lowest BCUT2D eigenvalue weighted by Crippen LogP contribution is -2.34. The number of sulfonamides is 1. The topological polar surface area (TPSA) is 85.9 Å². The molecule has 0 bridgehead atoms. The monoisotopic (exact) mass is 528 g/mol. The molecule has 1 aliphatic carbocycles. The third-order valence-corrected chi connectivity index (χ3v) is 9.85. The van der Waals surface area contributed by atoms with Gasteiger partial charge in [0.15, 0.2) is 0 Å². The molecule has 7 rings (SSSR count). The van der Waals surface area contributed by atoms with Crippen molar-refractivity contribution in [2.75, 3.05) is 13.1 Å². The molecule has 2 fully saturated rings. The van der Waals surface area contributed by atoms with Crippen LogP contribution in [-0.2, 0) is 22.5 Å². The first kappa shape index (κ1) is 23.2. The zero-order valence-electron chi connectivity index (χ0n) is 20.9. The van der Waals surface area contributed by atoms with Gasteiger partial charge in [-0.3, -0.25) is 4.68 Å². The number of nitrogens with zero attached hydrogens (tertiary/aromatic N) is 6. The lowest BCUT2D eigenvalue weighted by Gasteiger charge is -2.24. The summed E-state index contributed by atoms with van der Waals surface area (Å²) in [6.07, 6.45) is 3.26. The van der Waals surface area contributed by atoms with Gasteiger partial charge >= 0.3 is 0 Å². The minimum absolute atomic E-state index is 0.0274. The number of aryl methyl sites for hydroxylation is 2. The predicted octanol–water partition coefficient (Wildman–Crippen LogP) is 3.96. The highest BCUT2D eigenvalue weighted by Crippen LogP contribution is 2.70. The largest absolute Gasteiger partial charge is 0.264 e. The zero-order chi connectivity index (χ0) is 26.2. The van der Waals surface area contributed by atoms with Crippen LogP contribution in [0.2, 0.25) is 0 Å². The quantitative estimate of drug-likeness (QED) is 0.345. The van der Waals surface area contributed by atoms with Crippen molar-refractivity contribution in [2.45, 2.75) is 23.3 Å². The fraction of sp³-hybridized carbons (Fsp3) is 0.250. The molecular formula is C28H25FN6O2S. The van der Waals surface area contributed by atoms with Gasteiger partial charge in [0.05, 0.1) is 23.6 Å². The van der Waals surface area contributed by atoms with Crippen LogP contribution in [0.1, 0.15) is 22.6 Å². The Morgan fingerprint density at radius 3 is 2.53 bits per heavy atom. The van der Waals surface area contributed by atoms with Gasteiger partial charge in [0.1, 0.15) is 5.82 Å². The van der Waals surface area contributed by atoms with E-state index in [0.29, 0.717) is 13.1 Å². The van der Waals surface area contributed by atoms with Gasteiger partial charge in [-0.05, 0) is 65.9 Å². The molecule has 1 aliphatic heterocycles. The van der Waals surface area contributed by atoms with Crippen LogP contribution in [-0.4, -0.2) is 50.6 Å². The lowest BCUT2D eigenvalue weighted by molar-refractivity contribution is 0.419. The molecule has 2 aromatic heterocycles. The number of benzene rings is 3. The minimum atomic E-state index is -3.77. The Hall–Kier alpha value is -3.89. The summed E-state index contributed by atoms with van der Waals surface area (Å²) in [5.41, 5.74) is 4.77. The molecule has 0 N–H and O–H groups in total. The number of piperidine rings is 1. The normalized spacial score (nSPS) is 23.1. The lowest BCUT2D eigenvalue weighted by atomic mass is 9.87. The van der Waals surface area contributed by atoms with Crippen LogP contribution in [0, 0.1) is 18.7 Å². The van der Waals surface area contributed by atoms with Crippen LogP contribution in [0.3, 0.4) is 0 Å². The van der Waals surface area contributed by atoms with Crippen LogP contribution < -0.4 is 0 Å². The van der Waals surface area contributed by atoms with Crippen LogP contribution in [0.15, 0.2) is 84.1 Å². The standard InChI is InChI=1S/C28H25FN6O2S/c1-18-12-25-20(14-30-35(25)22-10-8-21(29)9-11-22)13-23(18)28-17-34(38(36,37)26-16-33(2)32-31-26)15-24(28)27(28)19-6-4-3-5-7-19/h3-14,16,24,27H,15,17H2,1-2H3/t24-,27-,28+/m0/s1. The maximum atomic E-state index is 13.5. The Kier molecular flexibility index (Phi) is 4.93. The highest BCUT2D eigenvalue weighted by atomic mass is 32.2. The second kappa shape index (κ2) is 8.05. The van der Waals surface area contributed by atoms with Crippen molar-refractivity contribution in [2.24, 2.45) is 13.0 Å². The van der Waals surface area contributed by atoms with E-state index >= 15 is 0 Å². The molecule has 10 heteroatoms. The Labute approximate surface area is 219 Å². The molecule has 0 unspecified atom stereocenters. The van der Waals surface area contributed by atoms with E-state index in [-0.39, 0.29) is 28.1 Å². The number of hydrogen-bond donors (Lipinski definition) is 0. The smallest absolute Gasteiger partial charge is 0.254 e. The Balaban J connectivity index is 1.33. The summed E-state index contributed by atoms with van der Waals surface area (Å²) >= 11 is 0. The summed E-state index contributed by atoms with van der Waals surface area (Å²) in [4.78, 5) is 0. The molecule has 3 atom stereocenters. The van der Waals surface area contributed by atoms with E-state index < -0.39 is 10.0 Å². The first-order valence-electron chi connectivity index (χ1n) is 12.5. The number of fused-ring (bicyclic) bond motifs is 2. The summed E-state index contributed by atoms with van der Waals surface area (Å²) in [6.45, 7) is 2.86. The highest BCUT2D eigenvalue weighted by molar-refractivity contribution is 7.89. The van der Waals surface area contributed by atoms with Crippen LogP contribution in [0.4, 0.5) is 4.39 Å². The first-order chi connectivity index (χ1) is 18.3. The van der Waals surface area contributed by atoms with Crippen molar-refractivity contribution < 1.29 is 12.8 Å². The van der Waals surface area contributed by atoms with E-state index in [9.17, 15) is 12.8 Å². The SMILES string of the molecule is Cc1cc2c(cnn2-c2ccc(F)cc2)cc1[C@]12CN(S(=O)(=O)c3cn(C)nn3)C[C@H]1[C@@H]2c1ccccc1. The summed E-state index contributed by atoms with van der Waals surface area (Å²) in [5, 5.41) is 13.2. The van der Waals surface area contributed by atoms with E-state index in [2.05, 4.69) is 46.6 Å². The molecule has 3 heterocycles. The second-order valence-corrected chi connectivity index (χ2v) is 12.2. The molecule has 3 aromatic carbocycles. The first-order valence-corrected chi connectivity index (χ1v) is 13.9.